The Labute approximate surface area is 90.3 Å². The fourth-order valence-electron chi connectivity index (χ4n) is 1.30. The van der Waals surface area contributed by atoms with Crippen molar-refractivity contribution in [1.82, 2.24) is 4.90 Å². The first-order valence-corrected chi connectivity index (χ1v) is 4.93. The van der Waals surface area contributed by atoms with Gasteiger partial charge in [-0.15, -0.1) is 0 Å². The van der Waals surface area contributed by atoms with Gasteiger partial charge in [0.25, 0.3) is 0 Å². The Morgan fingerprint density at radius 1 is 1.40 bits per heavy atom. The molecule has 0 heterocycles. The minimum atomic E-state index is 0.295. The number of aromatic hydroxyl groups is 1. The van der Waals surface area contributed by atoms with Crippen molar-refractivity contribution in [2.45, 2.75) is 6.54 Å². The van der Waals surface area contributed by atoms with Crippen molar-refractivity contribution in [2.24, 2.45) is 5.73 Å². The molecule has 0 bridgehead atoms. The van der Waals surface area contributed by atoms with E-state index in [0.717, 1.165) is 11.3 Å². The van der Waals surface area contributed by atoms with Crippen LogP contribution >= 0.6 is 0 Å². The first-order valence-electron chi connectivity index (χ1n) is 4.93. The van der Waals surface area contributed by atoms with Gasteiger partial charge in [0.1, 0.15) is 18.1 Å². The van der Waals surface area contributed by atoms with Crippen LogP contribution in [0.15, 0.2) is 18.2 Å². The number of phenols is 1. The standard InChI is InChI=1S/C11H18N2O2/c1-13(2)8-9-7-10(15-6-5-12)3-4-11(9)14/h3-4,7,14H,5-6,8,12H2,1-2H3. The zero-order valence-corrected chi connectivity index (χ0v) is 9.23. The molecule has 1 aromatic carbocycles. The first-order chi connectivity index (χ1) is 7.13. The Morgan fingerprint density at radius 2 is 2.13 bits per heavy atom. The number of ether oxygens (including phenoxy) is 1. The van der Waals surface area contributed by atoms with Crippen molar-refractivity contribution in [3.63, 3.8) is 0 Å². The van der Waals surface area contributed by atoms with E-state index in [0.29, 0.717) is 25.4 Å². The Balaban J connectivity index is 2.75. The second kappa shape index (κ2) is 5.58. The summed E-state index contributed by atoms with van der Waals surface area (Å²) in [5.74, 6) is 1.04. The summed E-state index contributed by atoms with van der Waals surface area (Å²) >= 11 is 0. The lowest BCUT2D eigenvalue weighted by Gasteiger charge is -2.13. The smallest absolute Gasteiger partial charge is 0.120 e. The monoisotopic (exact) mass is 210 g/mol. The molecule has 0 aromatic heterocycles. The molecular formula is C11H18N2O2. The lowest BCUT2D eigenvalue weighted by Crippen LogP contribution is -2.12. The third kappa shape index (κ3) is 3.77. The van der Waals surface area contributed by atoms with Crippen LogP contribution in [0.4, 0.5) is 0 Å². The number of rotatable bonds is 5. The molecule has 0 saturated carbocycles. The summed E-state index contributed by atoms with van der Waals surface area (Å²) in [5.41, 5.74) is 6.20. The minimum Gasteiger partial charge on any atom is -0.508 e. The average Bonchev–Trinajstić information content (AvgIpc) is 2.18. The molecule has 4 nitrogen and oxygen atoms in total. The molecule has 0 unspecified atom stereocenters. The van der Waals surface area contributed by atoms with E-state index in [1.54, 1.807) is 12.1 Å². The molecule has 0 aliphatic rings. The average molecular weight is 210 g/mol. The number of benzene rings is 1. The predicted octanol–water partition coefficient (Wildman–Crippen LogP) is 0.791. The molecule has 0 spiro atoms. The molecule has 84 valence electrons. The van der Waals surface area contributed by atoms with Crippen LogP contribution in [0, 0.1) is 0 Å². The van der Waals surface area contributed by atoms with Gasteiger partial charge in [0.15, 0.2) is 0 Å². The van der Waals surface area contributed by atoms with E-state index >= 15 is 0 Å². The van der Waals surface area contributed by atoms with Gasteiger partial charge in [0, 0.05) is 18.7 Å². The van der Waals surface area contributed by atoms with Crippen molar-refractivity contribution in [3.8, 4) is 11.5 Å². The Morgan fingerprint density at radius 3 is 2.73 bits per heavy atom. The van der Waals surface area contributed by atoms with Gasteiger partial charge in [-0.3, -0.25) is 0 Å². The largest absolute Gasteiger partial charge is 0.508 e. The summed E-state index contributed by atoms with van der Waals surface area (Å²) in [6, 6.07) is 5.22. The highest BCUT2D eigenvalue weighted by atomic mass is 16.5. The fraction of sp³-hybridized carbons (Fsp3) is 0.455. The number of phenolic OH excluding ortho intramolecular Hbond substituents is 1. The Hall–Kier alpha value is -1.26. The van der Waals surface area contributed by atoms with Crippen LogP contribution in [-0.2, 0) is 6.54 Å². The summed E-state index contributed by atoms with van der Waals surface area (Å²) in [7, 11) is 3.90. The maximum Gasteiger partial charge on any atom is 0.120 e. The lowest BCUT2D eigenvalue weighted by molar-refractivity contribution is 0.325. The molecule has 15 heavy (non-hydrogen) atoms. The third-order valence-electron chi connectivity index (χ3n) is 1.92. The van der Waals surface area contributed by atoms with Crippen LogP contribution in [0.25, 0.3) is 0 Å². The predicted molar refractivity (Wildman–Crippen MR) is 60.0 cm³/mol. The summed E-state index contributed by atoms with van der Waals surface area (Å²) < 4.78 is 5.38. The molecule has 0 atom stereocenters. The molecule has 0 aliphatic carbocycles. The molecular weight excluding hydrogens is 192 g/mol. The highest BCUT2D eigenvalue weighted by Gasteiger charge is 2.04. The van der Waals surface area contributed by atoms with Crippen molar-refractivity contribution >= 4 is 0 Å². The highest BCUT2D eigenvalue weighted by molar-refractivity contribution is 5.39. The number of nitrogens with two attached hydrogens (primary N) is 1. The zero-order valence-electron chi connectivity index (χ0n) is 9.23. The van der Waals surface area contributed by atoms with E-state index in [9.17, 15) is 5.11 Å². The molecule has 1 rings (SSSR count). The van der Waals surface area contributed by atoms with E-state index in [-0.39, 0.29) is 0 Å². The van der Waals surface area contributed by atoms with E-state index in [1.165, 1.54) is 0 Å². The maximum atomic E-state index is 9.60. The van der Waals surface area contributed by atoms with Crippen molar-refractivity contribution in [1.29, 1.82) is 0 Å². The van der Waals surface area contributed by atoms with Crippen LogP contribution in [-0.4, -0.2) is 37.3 Å². The highest BCUT2D eigenvalue weighted by Crippen LogP contribution is 2.23. The molecule has 0 radical (unpaired) electrons. The first kappa shape index (κ1) is 11.8. The molecule has 4 heteroatoms. The maximum absolute atomic E-state index is 9.60. The van der Waals surface area contributed by atoms with Gasteiger partial charge in [-0.05, 0) is 32.3 Å². The van der Waals surface area contributed by atoms with Crippen LogP contribution in [0.1, 0.15) is 5.56 Å². The van der Waals surface area contributed by atoms with E-state index in [4.69, 9.17) is 10.5 Å². The molecule has 3 N–H and O–H groups in total. The van der Waals surface area contributed by atoms with Crippen LogP contribution in [0.5, 0.6) is 11.5 Å². The van der Waals surface area contributed by atoms with Gasteiger partial charge in [-0.1, -0.05) is 0 Å². The lowest BCUT2D eigenvalue weighted by atomic mass is 10.2. The normalized spacial score (nSPS) is 10.7. The van der Waals surface area contributed by atoms with E-state index in [1.807, 2.05) is 25.1 Å². The molecule has 0 amide bonds. The fourth-order valence-corrected chi connectivity index (χ4v) is 1.30. The molecule has 0 saturated heterocycles. The van der Waals surface area contributed by atoms with Crippen molar-refractivity contribution < 1.29 is 9.84 Å². The molecule has 0 fully saturated rings. The molecule has 0 aliphatic heterocycles. The zero-order chi connectivity index (χ0) is 11.3. The molecule has 1 aromatic rings. The minimum absolute atomic E-state index is 0.295. The van der Waals surface area contributed by atoms with E-state index in [2.05, 4.69) is 0 Å². The second-order valence-corrected chi connectivity index (χ2v) is 3.67. The van der Waals surface area contributed by atoms with Crippen LogP contribution in [0.3, 0.4) is 0 Å². The van der Waals surface area contributed by atoms with Gasteiger partial charge in [0.05, 0.1) is 0 Å². The Kier molecular flexibility index (Phi) is 4.39. The number of hydrogen-bond donors (Lipinski definition) is 2. The SMILES string of the molecule is CN(C)Cc1cc(OCCN)ccc1O. The summed E-state index contributed by atoms with van der Waals surface area (Å²) in [4.78, 5) is 1.99. The van der Waals surface area contributed by atoms with Gasteiger partial charge in [-0.2, -0.15) is 0 Å². The van der Waals surface area contributed by atoms with Gasteiger partial charge < -0.3 is 20.5 Å². The summed E-state index contributed by atoms with van der Waals surface area (Å²) in [5, 5.41) is 9.60. The van der Waals surface area contributed by atoms with Crippen LogP contribution in [0.2, 0.25) is 0 Å². The van der Waals surface area contributed by atoms with Gasteiger partial charge in [0.2, 0.25) is 0 Å². The number of hydrogen-bond acceptors (Lipinski definition) is 4. The van der Waals surface area contributed by atoms with Crippen LogP contribution < -0.4 is 10.5 Å². The summed E-state index contributed by atoms with van der Waals surface area (Å²) in [6.45, 7) is 1.67. The second-order valence-electron chi connectivity index (χ2n) is 3.67. The van der Waals surface area contributed by atoms with E-state index < -0.39 is 0 Å². The van der Waals surface area contributed by atoms with Crippen molar-refractivity contribution in [2.75, 3.05) is 27.2 Å². The van der Waals surface area contributed by atoms with Gasteiger partial charge in [-0.25, -0.2) is 0 Å². The third-order valence-corrected chi connectivity index (χ3v) is 1.92. The quantitative estimate of drug-likeness (QED) is 0.754. The summed E-state index contributed by atoms with van der Waals surface area (Å²) in [6.07, 6.45) is 0. The number of nitrogens with zero attached hydrogens (tertiary/aromatic N) is 1. The van der Waals surface area contributed by atoms with Gasteiger partial charge >= 0.3 is 0 Å². The topological polar surface area (TPSA) is 58.7 Å². The Bertz CT molecular complexity index is 313. The van der Waals surface area contributed by atoms with Crippen molar-refractivity contribution in [3.05, 3.63) is 23.8 Å².